The van der Waals surface area contributed by atoms with Gasteiger partial charge in [0.05, 0.1) is 70.0 Å². The van der Waals surface area contributed by atoms with E-state index in [0.29, 0.717) is 9.13 Å². The summed E-state index contributed by atoms with van der Waals surface area (Å²) in [6.45, 7) is 0. The molecule has 2 aromatic heterocycles. The summed E-state index contributed by atoms with van der Waals surface area (Å²) in [5, 5.41) is -2.76. The van der Waals surface area contributed by atoms with Gasteiger partial charge in [-0.3, -0.25) is 0 Å². The van der Waals surface area contributed by atoms with Crippen molar-refractivity contribution in [2.45, 2.75) is 0 Å². The molecular weight excluding hydrogens is 677 g/mol. The lowest BCUT2D eigenvalue weighted by molar-refractivity contribution is 1.18. The van der Waals surface area contributed by atoms with E-state index in [1.165, 1.54) is 0 Å². The van der Waals surface area contributed by atoms with Gasteiger partial charge in [-0.25, -0.2) is 0 Å². The molecular formula is C54H36N2. The molecule has 11 rings (SSSR count). The van der Waals surface area contributed by atoms with E-state index >= 15 is 0 Å². The van der Waals surface area contributed by atoms with Gasteiger partial charge in [-0.05, 0) is 111 Å². The second-order valence-corrected chi connectivity index (χ2v) is 11.8. The fourth-order valence-electron chi connectivity index (χ4n) is 6.21. The van der Waals surface area contributed by atoms with Crippen LogP contribution in [0.4, 0.5) is 0 Å². The maximum atomic E-state index is 9.94. The van der Waals surface area contributed by atoms with Crippen molar-refractivity contribution in [1.29, 1.82) is 0 Å². The van der Waals surface area contributed by atoms with Gasteiger partial charge in [-0.2, -0.15) is 0 Å². The molecule has 0 aliphatic heterocycles. The van der Waals surface area contributed by atoms with Crippen LogP contribution in [0.5, 0.6) is 0 Å². The molecule has 0 spiro atoms. The van der Waals surface area contributed by atoms with Gasteiger partial charge in [0.25, 0.3) is 0 Å². The van der Waals surface area contributed by atoms with E-state index in [4.69, 9.17) is 26.0 Å². The summed E-state index contributed by atoms with van der Waals surface area (Å²) in [5.74, 6) is 0. The first-order valence-electron chi connectivity index (χ1n) is 33.9. The highest BCUT2D eigenvalue weighted by molar-refractivity contribution is 6.12. The van der Waals surface area contributed by atoms with Crippen molar-refractivity contribution < 1.29 is 48.0 Å². The SMILES string of the molecule is [2H]c1cc(-c2c([2H])c([2H])c([2H])c([2H])c2[2H])c([2H])c(-c2c([2H])c([2H])c(-n3c4c([2H])c([2H])c([2H])c([2H])c4c4c([2H])c(-c5c([2H])c([2H])c6c(c5[2H])c5c([2H])c([2H])c([2H])c([2H])c5n6-c5c([2H])c([2H])c(-c6c([2H])c([2H])c([2H])c([2H])c6[2H])c([2H])c5[2H])c([2H])c([2H])c43)c([2H])c2[2H])c1[2H]. The Morgan fingerprint density at radius 3 is 1.12 bits per heavy atom. The lowest BCUT2D eigenvalue weighted by Crippen LogP contribution is -1.94. The van der Waals surface area contributed by atoms with Crippen LogP contribution in [0.25, 0.3) is 99.5 Å². The molecule has 0 saturated carbocycles. The van der Waals surface area contributed by atoms with Gasteiger partial charge in [0, 0.05) is 32.9 Å². The number of rotatable bonds is 6. The first kappa shape index (κ1) is 12.6. The number of aromatic nitrogens is 2. The number of hydrogen-bond donors (Lipinski definition) is 0. The zero-order chi connectivity index (χ0) is 67.5. The number of para-hydroxylation sites is 2. The topological polar surface area (TPSA) is 9.86 Å². The van der Waals surface area contributed by atoms with Gasteiger partial charge in [0.15, 0.2) is 0 Å². The predicted molar refractivity (Wildman–Crippen MR) is 237 cm³/mol. The smallest absolute Gasteiger partial charge is 0.0645 e. The van der Waals surface area contributed by atoms with Crippen molar-refractivity contribution in [3.63, 3.8) is 0 Å². The summed E-state index contributed by atoms with van der Waals surface area (Å²) in [6.07, 6.45) is 0. The van der Waals surface area contributed by atoms with Crippen LogP contribution in [-0.2, 0) is 0 Å². The normalized spacial score (nSPS) is 20.3. The van der Waals surface area contributed by atoms with E-state index in [2.05, 4.69) is 0 Å². The summed E-state index contributed by atoms with van der Waals surface area (Å²) >= 11 is 0. The summed E-state index contributed by atoms with van der Waals surface area (Å²) in [5.41, 5.74) is -10.9. The van der Waals surface area contributed by atoms with E-state index in [9.17, 15) is 21.9 Å². The van der Waals surface area contributed by atoms with Crippen molar-refractivity contribution in [3.05, 3.63) is 218 Å². The van der Waals surface area contributed by atoms with Crippen LogP contribution in [0.1, 0.15) is 48.0 Å². The molecule has 2 heteroatoms. The average Bonchev–Trinajstić information content (AvgIpc) is 1.56. The fourth-order valence-corrected chi connectivity index (χ4v) is 6.21. The first-order chi connectivity index (χ1) is 42.4. The predicted octanol–water partition coefficient (Wildman–Crippen LogP) is 14.5. The van der Waals surface area contributed by atoms with E-state index in [1.807, 2.05) is 0 Å². The van der Waals surface area contributed by atoms with Crippen LogP contribution in [0, 0.1) is 0 Å². The molecule has 0 N–H and O–H groups in total. The minimum atomic E-state index is -1.14. The van der Waals surface area contributed by atoms with Crippen LogP contribution in [0.15, 0.2) is 218 Å². The van der Waals surface area contributed by atoms with Crippen molar-refractivity contribution in [2.24, 2.45) is 0 Å². The molecule has 0 atom stereocenters. The van der Waals surface area contributed by atoms with E-state index < -0.39 is 311 Å². The Bertz CT molecular complexity index is 5180. The molecule has 9 aromatic carbocycles. The Balaban J connectivity index is 1.24. The molecule has 2 heterocycles. The highest BCUT2D eigenvalue weighted by Gasteiger charge is 2.16. The third-order valence-electron chi connectivity index (χ3n) is 8.68. The standard InChI is InChI=1S/C54H36N2/c1-3-12-37(13-4-1)39-22-28-45(29-23-39)55-51-20-9-7-18-47(51)49-35-43(26-32-53(49)55)44-27-33-54-50(36-44)48-19-8-10-21-52(48)56(54)46-30-24-40(25-31-46)42-17-11-16-41(34-42)38-14-5-2-6-15-38/h1-36H/i1D,2D,3D,4D,5D,6D,7D,8D,9D,10D,11D,12D,13D,14D,15D,17D,18D,19D,20D,21D,22D,23D,24D,25D,26D,27D,28D,29D,30D,31D,32D,33D,34D,35D,36D. The highest BCUT2D eigenvalue weighted by Crippen LogP contribution is 2.39. The van der Waals surface area contributed by atoms with Gasteiger partial charge >= 0.3 is 0 Å². The van der Waals surface area contributed by atoms with Crippen molar-refractivity contribution in [1.82, 2.24) is 9.13 Å². The van der Waals surface area contributed by atoms with Gasteiger partial charge in [0.2, 0.25) is 0 Å². The fraction of sp³-hybridized carbons (Fsp3) is 0. The zero-order valence-electron chi connectivity index (χ0n) is 63.0. The van der Waals surface area contributed by atoms with Crippen molar-refractivity contribution in [2.75, 3.05) is 0 Å². The second-order valence-electron chi connectivity index (χ2n) is 11.8. The van der Waals surface area contributed by atoms with E-state index in [0.717, 1.165) is 6.07 Å². The largest absolute Gasteiger partial charge is 0.309 e. The number of benzene rings is 9. The van der Waals surface area contributed by atoms with Crippen molar-refractivity contribution in [3.8, 4) is 55.9 Å². The van der Waals surface area contributed by atoms with Crippen LogP contribution < -0.4 is 0 Å². The van der Waals surface area contributed by atoms with Gasteiger partial charge < -0.3 is 9.13 Å². The number of hydrogen-bond acceptors (Lipinski definition) is 0. The molecule has 0 aliphatic rings. The molecule has 0 amide bonds. The van der Waals surface area contributed by atoms with Crippen LogP contribution in [0.3, 0.4) is 0 Å². The summed E-state index contributed by atoms with van der Waals surface area (Å²) in [4.78, 5) is 0. The van der Waals surface area contributed by atoms with Crippen LogP contribution in [-0.4, -0.2) is 9.13 Å². The minimum Gasteiger partial charge on any atom is -0.309 e. The Kier molecular flexibility index (Phi) is 2.95. The Hall–Kier alpha value is -7.42. The summed E-state index contributed by atoms with van der Waals surface area (Å²) in [6, 6.07) is -33.2. The molecule has 0 fully saturated rings. The quantitative estimate of drug-likeness (QED) is 0.160. The number of fused-ring (bicyclic) bond motifs is 6. The maximum Gasteiger partial charge on any atom is 0.0645 e. The molecule has 0 radical (unpaired) electrons. The molecule has 11 aromatic rings. The van der Waals surface area contributed by atoms with Gasteiger partial charge in [-0.15, -0.1) is 0 Å². The average molecular weight is 748 g/mol. The summed E-state index contributed by atoms with van der Waals surface area (Å²) in [7, 11) is 0. The molecule has 2 nitrogen and oxygen atoms in total. The van der Waals surface area contributed by atoms with Crippen LogP contribution >= 0.6 is 0 Å². The lowest BCUT2D eigenvalue weighted by Gasteiger charge is -2.11. The minimum absolute atomic E-state index is 0.538. The molecule has 0 unspecified atom stereocenters. The Morgan fingerprint density at radius 1 is 0.250 bits per heavy atom. The lowest BCUT2D eigenvalue weighted by atomic mass is 9.99. The molecule has 0 aliphatic carbocycles. The Labute approximate surface area is 375 Å². The maximum absolute atomic E-state index is 9.94. The van der Waals surface area contributed by atoms with Crippen LogP contribution in [0.2, 0.25) is 0 Å². The Morgan fingerprint density at radius 2 is 0.607 bits per heavy atom. The zero-order valence-corrected chi connectivity index (χ0v) is 28.0. The summed E-state index contributed by atoms with van der Waals surface area (Å²) < 4.78 is 316. The monoisotopic (exact) mass is 748 g/mol. The number of nitrogens with zero attached hydrogens (tertiary/aromatic N) is 2. The van der Waals surface area contributed by atoms with E-state index in [-0.39, 0.29) is 0 Å². The van der Waals surface area contributed by atoms with Gasteiger partial charge in [0.1, 0.15) is 0 Å². The van der Waals surface area contributed by atoms with Crippen molar-refractivity contribution >= 4 is 43.6 Å². The molecule has 262 valence electrons. The second kappa shape index (κ2) is 13.2. The molecule has 0 saturated heterocycles. The first-order valence-corrected chi connectivity index (χ1v) is 16.4. The van der Waals surface area contributed by atoms with E-state index in [1.54, 1.807) is 0 Å². The van der Waals surface area contributed by atoms with Gasteiger partial charge in [-0.1, -0.05) is 151 Å². The molecule has 56 heavy (non-hydrogen) atoms. The third-order valence-corrected chi connectivity index (χ3v) is 8.68. The molecule has 0 bridgehead atoms. The third kappa shape index (κ3) is 5.34. The highest BCUT2D eigenvalue weighted by atomic mass is 15.0.